The average Bonchev–Trinajstić information content (AvgIpc) is 2.48. The van der Waals surface area contributed by atoms with Crippen molar-refractivity contribution in [3.8, 4) is 0 Å². The van der Waals surface area contributed by atoms with Gasteiger partial charge in [0.15, 0.2) is 0 Å². The van der Waals surface area contributed by atoms with E-state index >= 15 is 0 Å². The molecule has 1 aromatic rings. The van der Waals surface area contributed by atoms with Gasteiger partial charge in [0.25, 0.3) is 0 Å². The van der Waals surface area contributed by atoms with E-state index in [0.717, 1.165) is 39.0 Å². The standard InChI is InChI=1S/C15H21IN2O2/c1-2-3-12-20-15(19)18-10-8-17(9-11-18)14-6-4-13(16)5-7-14/h4-7H,2-3,8-12H2,1H3. The molecule has 0 N–H and O–H groups in total. The molecule has 2 rings (SSSR count). The molecular weight excluding hydrogens is 367 g/mol. The second-order valence-electron chi connectivity index (χ2n) is 4.92. The number of anilines is 1. The maximum Gasteiger partial charge on any atom is 0.409 e. The highest BCUT2D eigenvalue weighted by Gasteiger charge is 2.22. The van der Waals surface area contributed by atoms with Gasteiger partial charge in [-0.3, -0.25) is 0 Å². The van der Waals surface area contributed by atoms with E-state index in [1.165, 1.54) is 9.26 Å². The lowest BCUT2D eigenvalue weighted by atomic mass is 10.2. The van der Waals surface area contributed by atoms with Crippen LogP contribution in [0.3, 0.4) is 0 Å². The largest absolute Gasteiger partial charge is 0.449 e. The summed E-state index contributed by atoms with van der Waals surface area (Å²) in [7, 11) is 0. The van der Waals surface area contributed by atoms with E-state index in [2.05, 4.69) is 58.7 Å². The fourth-order valence-electron chi connectivity index (χ4n) is 2.19. The number of carbonyl (C=O) groups is 1. The smallest absolute Gasteiger partial charge is 0.409 e. The summed E-state index contributed by atoms with van der Waals surface area (Å²) in [4.78, 5) is 16.0. The quantitative estimate of drug-likeness (QED) is 0.586. The zero-order valence-electron chi connectivity index (χ0n) is 11.8. The molecule has 0 unspecified atom stereocenters. The van der Waals surface area contributed by atoms with Crippen molar-refractivity contribution in [3.05, 3.63) is 27.8 Å². The van der Waals surface area contributed by atoms with Crippen LogP contribution in [-0.4, -0.2) is 43.8 Å². The van der Waals surface area contributed by atoms with Crippen LogP contribution in [0.2, 0.25) is 0 Å². The Morgan fingerprint density at radius 3 is 2.45 bits per heavy atom. The zero-order valence-corrected chi connectivity index (χ0v) is 14.0. The maximum absolute atomic E-state index is 11.8. The Hall–Kier alpha value is -0.980. The minimum atomic E-state index is -0.166. The summed E-state index contributed by atoms with van der Waals surface area (Å²) in [6.07, 6.45) is 1.82. The van der Waals surface area contributed by atoms with Crippen LogP contribution in [0.5, 0.6) is 0 Å². The molecule has 0 aromatic heterocycles. The summed E-state index contributed by atoms with van der Waals surface area (Å²) in [5.41, 5.74) is 1.23. The van der Waals surface area contributed by atoms with Crippen molar-refractivity contribution in [1.82, 2.24) is 4.90 Å². The lowest BCUT2D eigenvalue weighted by molar-refractivity contribution is 0.0989. The molecule has 20 heavy (non-hydrogen) atoms. The summed E-state index contributed by atoms with van der Waals surface area (Å²) in [5, 5.41) is 0. The van der Waals surface area contributed by atoms with Gasteiger partial charge in [-0.15, -0.1) is 0 Å². The van der Waals surface area contributed by atoms with Crippen LogP contribution in [0.15, 0.2) is 24.3 Å². The molecule has 0 radical (unpaired) electrons. The van der Waals surface area contributed by atoms with Crippen molar-refractivity contribution in [3.63, 3.8) is 0 Å². The van der Waals surface area contributed by atoms with Crippen LogP contribution in [0.25, 0.3) is 0 Å². The van der Waals surface area contributed by atoms with Gasteiger partial charge in [-0.05, 0) is 53.3 Å². The van der Waals surface area contributed by atoms with Gasteiger partial charge in [0.1, 0.15) is 0 Å². The Morgan fingerprint density at radius 1 is 1.20 bits per heavy atom. The van der Waals surface area contributed by atoms with Crippen molar-refractivity contribution < 1.29 is 9.53 Å². The van der Waals surface area contributed by atoms with Gasteiger partial charge in [0.05, 0.1) is 6.61 Å². The molecule has 4 nitrogen and oxygen atoms in total. The number of piperazine rings is 1. The lowest BCUT2D eigenvalue weighted by Gasteiger charge is -2.35. The number of ether oxygens (including phenoxy) is 1. The van der Waals surface area contributed by atoms with E-state index in [-0.39, 0.29) is 6.09 Å². The second kappa shape index (κ2) is 7.71. The zero-order chi connectivity index (χ0) is 14.4. The number of halogens is 1. The third-order valence-corrected chi connectivity index (χ3v) is 4.17. The highest BCUT2D eigenvalue weighted by molar-refractivity contribution is 14.1. The molecule has 0 spiro atoms. The van der Waals surface area contributed by atoms with Crippen molar-refractivity contribution >= 4 is 34.4 Å². The van der Waals surface area contributed by atoms with Crippen LogP contribution in [-0.2, 0) is 4.74 Å². The van der Waals surface area contributed by atoms with Crippen LogP contribution in [0, 0.1) is 3.57 Å². The number of benzene rings is 1. The van der Waals surface area contributed by atoms with Crippen LogP contribution >= 0.6 is 22.6 Å². The molecule has 1 aliphatic heterocycles. The third-order valence-electron chi connectivity index (χ3n) is 3.45. The van der Waals surface area contributed by atoms with Crippen molar-refractivity contribution in [1.29, 1.82) is 0 Å². The summed E-state index contributed by atoms with van der Waals surface area (Å²) in [6, 6.07) is 8.50. The van der Waals surface area contributed by atoms with E-state index in [1.807, 2.05) is 0 Å². The fraction of sp³-hybridized carbons (Fsp3) is 0.533. The molecule has 0 atom stereocenters. The molecule has 1 saturated heterocycles. The number of nitrogens with zero attached hydrogens (tertiary/aromatic N) is 2. The lowest BCUT2D eigenvalue weighted by Crippen LogP contribution is -2.49. The topological polar surface area (TPSA) is 32.8 Å². The van der Waals surface area contributed by atoms with Gasteiger partial charge in [-0.25, -0.2) is 4.79 Å². The molecule has 5 heteroatoms. The highest BCUT2D eigenvalue weighted by Crippen LogP contribution is 2.18. The minimum Gasteiger partial charge on any atom is -0.449 e. The maximum atomic E-state index is 11.8. The molecule has 0 bridgehead atoms. The molecule has 1 aliphatic rings. The van der Waals surface area contributed by atoms with Crippen LogP contribution in [0.4, 0.5) is 10.5 Å². The number of rotatable bonds is 4. The van der Waals surface area contributed by atoms with Gasteiger partial charge in [0.2, 0.25) is 0 Å². The monoisotopic (exact) mass is 388 g/mol. The van der Waals surface area contributed by atoms with Gasteiger partial charge in [0, 0.05) is 35.4 Å². The minimum absolute atomic E-state index is 0.166. The second-order valence-corrected chi connectivity index (χ2v) is 6.16. The Balaban J connectivity index is 1.80. The highest BCUT2D eigenvalue weighted by atomic mass is 127. The predicted molar refractivity (Wildman–Crippen MR) is 89.2 cm³/mol. The van der Waals surface area contributed by atoms with Gasteiger partial charge in [-0.1, -0.05) is 13.3 Å². The first-order valence-corrected chi connectivity index (χ1v) is 8.21. The first kappa shape index (κ1) is 15.4. The Morgan fingerprint density at radius 2 is 1.85 bits per heavy atom. The molecule has 0 saturated carbocycles. The Bertz CT molecular complexity index is 428. The van der Waals surface area contributed by atoms with Crippen LogP contribution in [0.1, 0.15) is 19.8 Å². The Labute approximate surface area is 134 Å². The van der Waals surface area contributed by atoms with Gasteiger partial charge < -0.3 is 14.5 Å². The molecule has 1 heterocycles. The molecular formula is C15H21IN2O2. The van der Waals surface area contributed by atoms with Crippen molar-refractivity contribution in [2.24, 2.45) is 0 Å². The molecule has 1 aromatic carbocycles. The molecule has 1 amide bonds. The van der Waals surface area contributed by atoms with E-state index in [9.17, 15) is 4.79 Å². The van der Waals surface area contributed by atoms with Crippen molar-refractivity contribution in [2.75, 3.05) is 37.7 Å². The average molecular weight is 388 g/mol. The van der Waals surface area contributed by atoms with E-state index in [1.54, 1.807) is 4.90 Å². The summed E-state index contributed by atoms with van der Waals surface area (Å²) >= 11 is 2.31. The van der Waals surface area contributed by atoms with Crippen LogP contribution < -0.4 is 4.90 Å². The number of hydrogen-bond acceptors (Lipinski definition) is 3. The Kier molecular flexibility index (Phi) is 5.94. The SMILES string of the molecule is CCCCOC(=O)N1CCN(c2ccc(I)cc2)CC1. The molecule has 110 valence electrons. The number of hydrogen-bond donors (Lipinski definition) is 0. The van der Waals surface area contributed by atoms with E-state index < -0.39 is 0 Å². The first-order valence-electron chi connectivity index (χ1n) is 7.13. The normalized spacial score (nSPS) is 15.3. The predicted octanol–water partition coefficient (Wildman–Crippen LogP) is 3.35. The summed E-state index contributed by atoms with van der Waals surface area (Å²) in [5.74, 6) is 0. The number of unbranched alkanes of at least 4 members (excludes halogenated alkanes) is 1. The number of amides is 1. The van der Waals surface area contributed by atoms with Gasteiger partial charge >= 0.3 is 6.09 Å². The summed E-state index contributed by atoms with van der Waals surface area (Å²) < 4.78 is 6.49. The summed E-state index contributed by atoms with van der Waals surface area (Å²) in [6.45, 7) is 5.82. The van der Waals surface area contributed by atoms with Gasteiger partial charge in [-0.2, -0.15) is 0 Å². The molecule has 1 fully saturated rings. The fourth-order valence-corrected chi connectivity index (χ4v) is 2.55. The van der Waals surface area contributed by atoms with E-state index in [0.29, 0.717) is 6.61 Å². The van der Waals surface area contributed by atoms with E-state index in [4.69, 9.17) is 4.74 Å². The third kappa shape index (κ3) is 4.26. The molecule has 0 aliphatic carbocycles. The van der Waals surface area contributed by atoms with Crippen molar-refractivity contribution in [2.45, 2.75) is 19.8 Å². The first-order chi connectivity index (χ1) is 9.70. The number of carbonyl (C=O) groups excluding carboxylic acids is 1.